The van der Waals surface area contributed by atoms with E-state index in [2.05, 4.69) is 16.4 Å². The monoisotopic (exact) mass is 263 g/mol. The molecule has 20 heavy (non-hydrogen) atoms. The molecule has 0 spiro atoms. The Morgan fingerprint density at radius 3 is 2.90 bits per heavy atom. The minimum Gasteiger partial charge on any atom is -0.469 e. The summed E-state index contributed by atoms with van der Waals surface area (Å²) in [6, 6.07) is 15.5. The van der Waals surface area contributed by atoms with Gasteiger partial charge in [-0.15, -0.1) is 0 Å². The van der Waals surface area contributed by atoms with E-state index in [0.29, 0.717) is 17.9 Å². The highest BCUT2D eigenvalue weighted by Crippen LogP contribution is 2.19. The molecular formula is C16H13N3O. The first kappa shape index (κ1) is 12.2. The van der Waals surface area contributed by atoms with Gasteiger partial charge in [0, 0.05) is 18.4 Å². The van der Waals surface area contributed by atoms with Crippen molar-refractivity contribution in [2.45, 2.75) is 6.42 Å². The third kappa shape index (κ3) is 2.47. The summed E-state index contributed by atoms with van der Waals surface area (Å²) in [4.78, 5) is 4.51. The number of nitriles is 1. The van der Waals surface area contributed by atoms with Crippen LogP contribution >= 0.6 is 0 Å². The summed E-state index contributed by atoms with van der Waals surface area (Å²) < 4.78 is 5.27. The fraction of sp³-hybridized carbons (Fsp3) is 0.125. The van der Waals surface area contributed by atoms with E-state index in [0.717, 1.165) is 23.1 Å². The number of nitrogens with one attached hydrogen (secondary N) is 1. The fourth-order valence-corrected chi connectivity index (χ4v) is 2.13. The van der Waals surface area contributed by atoms with Gasteiger partial charge >= 0.3 is 0 Å². The first-order valence-electron chi connectivity index (χ1n) is 6.43. The molecule has 0 atom stereocenters. The van der Waals surface area contributed by atoms with Crippen LogP contribution in [0.25, 0.3) is 10.9 Å². The van der Waals surface area contributed by atoms with Crippen LogP contribution in [0.4, 0.5) is 5.82 Å². The molecule has 1 N–H and O–H groups in total. The second-order valence-electron chi connectivity index (χ2n) is 4.44. The van der Waals surface area contributed by atoms with E-state index in [4.69, 9.17) is 4.42 Å². The Bertz CT molecular complexity index is 757. The van der Waals surface area contributed by atoms with Crippen molar-refractivity contribution >= 4 is 16.7 Å². The average molecular weight is 263 g/mol. The quantitative estimate of drug-likeness (QED) is 0.784. The van der Waals surface area contributed by atoms with Crippen molar-refractivity contribution in [1.29, 1.82) is 5.26 Å². The Morgan fingerprint density at radius 1 is 1.20 bits per heavy atom. The van der Waals surface area contributed by atoms with Crippen LogP contribution in [0.15, 0.2) is 53.1 Å². The number of furan rings is 1. The highest BCUT2D eigenvalue weighted by atomic mass is 16.3. The van der Waals surface area contributed by atoms with Crippen LogP contribution in [0.3, 0.4) is 0 Å². The molecule has 2 aromatic heterocycles. The number of nitrogens with zero attached hydrogens (tertiary/aromatic N) is 2. The van der Waals surface area contributed by atoms with E-state index in [9.17, 15) is 5.26 Å². The number of hydrogen-bond donors (Lipinski definition) is 1. The zero-order valence-electron chi connectivity index (χ0n) is 10.8. The molecule has 4 heteroatoms. The van der Waals surface area contributed by atoms with Crippen molar-refractivity contribution in [3.8, 4) is 6.07 Å². The number of para-hydroxylation sites is 1. The maximum absolute atomic E-state index is 9.22. The molecule has 3 aromatic rings. The number of benzene rings is 1. The average Bonchev–Trinajstić information content (AvgIpc) is 2.99. The smallest absolute Gasteiger partial charge is 0.127 e. The highest BCUT2D eigenvalue weighted by molar-refractivity contribution is 5.86. The Morgan fingerprint density at radius 2 is 2.10 bits per heavy atom. The van der Waals surface area contributed by atoms with Crippen LogP contribution in [-0.4, -0.2) is 11.5 Å². The zero-order valence-corrected chi connectivity index (χ0v) is 10.8. The molecule has 3 rings (SSSR count). The third-order valence-electron chi connectivity index (χ3n) is 3.09. The zero-order chi connectivity index (χ0) is 13.8. The number of anilines is 1. The van der Waals surface area contributed by atoms with Gasteiger partial charge in [0.05, 0.1) is 23.4 Å². The van der Waals surface area contributed by atoms with Crippen molar-refractivity contribution in [2.24, 2.45) is 0 Å². The number of hydrogen-bond acceptors (Lipinski definition) is 4. The Hall–Kier alpha value is -2.80. The molecule has 98 valence electrons. The van der Waals surface area contributed by atoms with Crippen molar-refractivity contribution in [1.82, 2.24) is 4.98 Å². The van der Waals surface area contributed by atoms with Crippen molar-refractivity contribution in [3.05, 3.63) is 60.1 Å². The second-order valence-corrected chi connectivity index (χ2v) is 4.44. The minimum atomic E-state index is 0.635. The van der Waals surface area contributed by atoms with Crippen LogP contribution in [0.2, 0.25) is 0 Å². The topological polar surface area (TPSA) is 61.9 Å². The first-order valence-corrected chi connectivity index (χ1v) is 6.43. The van der Waals surface area contributed by atoms with E-state index in [1.54, 1.807) is 12.3 Å². The van der Waals surface area contributed by atoms with E-state index in [-0.39, 0.29) is 0 Å². The van der Waals surface area contributed by atoms with Crippen LogP contribution in [0.5, 0.6) is 0 Å². The first-order chi connectivity index (χ1) is 9.86. The van der Waals surface area contributed by atoms with Crippen molar-refractivity contribution in [2.75, 3.05) is 11.9 Å². The number of pyridine rings is 1. The van der Waals surface area contributed by atoms with Gasteiger partial charge in [0.1, 0.15) is 11.6 Å². The lowest BCUT2D eigenvalue weighted by Gasteiger charge is -2.07. The van der Waals surface area contributed by atoms with Gasteiger partial charge in [-0.25, -0.2) is 4.98 Å². The summed E-state index contributed by atoms with van der Waals surface area (Å²) >= 11 is 0. The predicted octanol–water partition coefficient (Wildman–Crippen LogP) is 3.35. The maximum atomic E-state index is 9.22. The van der Waals surface area contributed by atoms with Crippen LogP contribution < -0.4 is 5.32 Å². The molecule has 0 amide bonds. The lowest BCUT2D eigenvalue weighted by Crippen LogP contribution is -2.06. The summed E-state index contributed by atoms with van der Waals surface area (Å²) in [6.45, 7) is 0.712. The molecule has 4 nitrogen and oxygen atoms in total. The highest BCUT2D eigenvalue weighted by Gasteiger charge is 2.05. The molecule has 0 aliphatic rings. The van der Waals surface area contributed by atoms with Gasteiger partial charge in [-0.05, 0) is 24.3 Å². The summed E-state index contributed by atoms with van der Waals surface area (Å²) in [6.07, 6.45) is 2.45. The van der Waals surface area contributed by atoms with Gasteiger partial charge in [-0.3, -0.25) is 0 Å². The predicted molar refractivity (Wildman–Crippen MR) is 77.4 cm³/mol. The third-order valence-corrected chi connectivity index (χ3v) is 3.09. The Labute approximate surface area is 116 Å². The van der Waals surface area contributed by atoms with Gasteiger partial charge in [0.2, 0.25) is 0 Å². The van der Waals surface area contributed by atoms with Crippen LogP contribution in [-0.2, 0) is 6.42 Å². The van der Waals surface area contributed by atoms with Crippen molar-refractivity contribution in [3.63, 3.8) is 0 Å². The van der Waals surface area contributed by atoms with Crippen LogP contribution in [0, 0.1) is 11.3 Å². The molecule has 0 radical (unpaired) electrons. The molecule has 0 saturated heterocycles. The maximum Gasteiger partial charge on any atom is 0.127 e. The van der Waals surface area contributed by atoms with Gasteiger partial charge in [-0.1, -0.05) is 18.2 Å². The van der Waals surface area contributed by atoms with Gasteiger partial charge in [0.15, 0.2) is 0 Å². The van der Waals surface area contributed by atoms with Gasteiger partial charge in [0.25, 0.3) is 0 Å². The number of aromatic nitrogens is 1. The minimum absolute atomic E-state index is 0.635. The normalized spacial score (nSPS) is 10.3. The van der Waals surface area contributed by atoms with E-state index in [1.165, 1.54) is 0 Å². The van der Waals surface area contributed by atoms with Crippen molar-refractivity contribution < 1.29 is 4.42 Å². The standard InChI is InChI=1S/C16H13N3O/c17-11-12-10-16(18-8-7-13-4-3-9-20-13)19-15-6-2-1-5-14(12)15/h1-6,9-10H,7-8H2,(H,18,19). The molecule has 1 aromatic carbocycles. The molecule has 0 aliphatic heterocycles. The molecule has 0 saturated carbocycles. The van der Waals surface area contributed by atoms with E-state index < -0.39 is 0 Å². The van der Waals surface area contributed by atoms with E-state index >= 15 is 0 Å². The van der Waals surface area contributed by atoms with E-state index in [1.807, 2.05) is 36.4 Å². The lowest BCUT2D eigenvalue weighted by atomic mass is 10.1. The van der Waals surface area contributed by atoms with Gasteiger partial charge < -0.3 is 9.73 Å². The van der Waals surface area contributed by atoms with Crippen LogP contribution in [0.1, 0.15) is 11.3 Å². The lowest BCUT2D eigenvalue weighted by molar-refractivity contribution is 0.513. The number of fused-ring (bicyclic) bond motifs is 1. The Kier molecular flexibility index (Phi) is 3.34. The SMILES string of the molecule is N#Cc1cc(NCCc2ccco2)nc2ccccc12. The second kappa shape index (κ2) is 5.45. The molecule has 0 unspecified atom stereocenters. The largest absolute Gasteiger partial charge is 0.469 e. The summed E-state index contributed by atoms with van der Waals surface area (Å²) in [5.41, 5.74) is 1.46. The number of rotatable bonds is 4. The molecule has 0 aliphatic carbocycles. The van der Waals surface area contributed by atoms with Gasteiger partial charge in [-0.2, -0.15) is 5.26 Å². The Balaban J connectivity index is 1.80. The molecule has 0 fully saturated rings. The fourth-order valence-electron chi connectivity index (χ4n) is 2.13. The summed E-state index contributed by atoms with van der Waals surface area (Å²) in [5, 5.41) is 13.3. The molecule has 2 heterocycles. The molecule has 0 bridgehead atoms. The molecular weight excluding hydrogens is 250 g/mol. The summed E-state index contributed by atoms with van der Waals surface area (Å²) in [5.74, 6) is 1.64. The summed E-state index contributed by atoms with van der Waals surface area (Å²) in [7, 11) is 0.